The molecule has 2 N–H and O–H groups in total. The zero-order valence-electron chi connectivity index (χ0n) is 13.0. The molecule has 0 fully saturated rings. The number of ether oxygens (including phenoxy) is 1. The van der Waals surface area contributed by atoms with E-state index in [1.165, 1.54) is 0 Å². The molecule has 1 aromatic rings. The van der Waals surface area contributed by atoms with Crippen molar-refractivity contribution in [1.82, 2.24) is 0 Å². The van der Waals surface area contributed by atoms with Crippen molar-refractivity contribution in [3.63, 3.8) is 0 Å². The Hall–Kier alpha value is -2.21. The van der Waals surface area contributed by atoms with Crippen LogP contribution in [0.4, 0.5) is 0 Å². The predicted molar refractivity (Wildman–Crippen MR) is 79.6 cm³/mol. The molecule has 120 valence electrons. The third kappa shape index (κ3) is 5.65. The van der Waals surface area contributed by atoms with Gasteiger partial charge in [0.25, 0.3) is 0 Å². The summed E-state index contributed by atoms with van der Waals surface area (Å²) in [7, 11) is 0. The van der Waals surface area contributed by atoms with Gasteiger partial charge in [0.2, 0.25) is 0 Å². The molecular weight excluding hydrogens is 286 g/mol. The Bertz CT molecular complexity index is 533. The van der Waals surface area contributed by atoms with Crippen LogP contribution in [-0.2, 0) is 19.2 Å². The van der Waals surface area contributed by atoms with E-state index in [0.29, 0.717) is 5.56 Å². The smallest absolute Gasteiger partial charge is 0.338 e. The number of esters is 1. The quantitative estimate of drug-likeness (QED) is 0.374. The van der Waals surface area contributed by atoms with Crippen molar-refractivity contribution in [2.45, 2.75) is 39.2 Å². The zero-order chi connectivity index (χ0) is 16.8. The van der Waals surface area contributed by atoms with Crippen LogP contribution in [0.5, 0.6) is 0 Å². The van der Waals surface area contributed by atoms with E-state index < -0.39 is 23.5 Å². The van der Waals surface area contributed by atoms with Gasteiger partial charge in [-0.25, -0.2) is 4.79 Å². The molecule has 1 rings (SSSR count). The molecule has 1 atom stereocenters. The lowest BCUT2D eigenvalue weighted by atomic mass is 9.98. The summed E-state index contributed by atoms with van der Waals surface area (Å²) in [5.74, 6) is 1.82. The highest BCUT2D eigenvalue weighted by molar-refractivity contribution is 5.98. The number of carbonyl (C=O) groups excluding carboxylic acids is 3. The number of benzene rings is 1. The van der Waals surface area contributed by atoms with Gasteiger partial charge in [0.15, 0.2) is 11.7 Å². The molecule has 0 aliphatic carbocycles. The average molecular weight is 307 g/mol. The van der Waals surface area contributed by atoms with Crippen LogP contribution in [0.15, 0.2) is 30.3 Å². The van der Waals surface area contributed by atoms with E-state index in [0.717, 1.165) is 0 Å². The van der Waals surface area contributed by atoms with Gasteiger partial charge < -0.3 is 9.57 Å². The third-order valence-electron chi connectivity index (χ3n) is 2.85. The maximum Gasteiger partial charge on any atom is 0.338 e. The van der Waals surface area contributed by atoms with E-state index in [9.17, 15) is 14.4 Å². The molecule has 0 aliphatic heterocycles. The van der Waals surface area contributed by atoms with Crippen molar-refractivity contribution in [3.8, 4) is 0 Å². The summed E-state index contributed by atoms with van der Waals surface area (Å²) in [4.78, 5) is 39.8. The van der Waals surface area contributed by atoms with Gasteiger partial charge in [-0.15, -0.1) is 0 Å². The second-order valence-electron chi connectivity index (χ2n) is 5.85. The summed E-state index contributed by atoms with van der Waals surface area (Å²) in [6.45, 7) is 5.06. The fourth-order valence-electron chi connectivity index (χ4n) is 1.83. The number of nitrogens with two attached hydrogens (primary N) is 1. The van der Waals surface area contributed by atoms with Crippen LogP contribution >= 0.6 is 0 Å². The van der Waals surface area contributed by atoms with E-state index in [2.05, 4.69) is 4.84 Å². The van der Waals surface area contributed by atoms with Crippen LogP contribution in [0.2, 0.25) is 0 Å². The monoisotopic (exact) mass is 307 g/mol. The van der Waals surface area contributed by atoms with Crippen molar-refractivity contribution in [2.75, 3.05) is 0 Å². The summed E-state index contributed by atoms with van der Waals surface area (Å²) in [5, 5.41) is 0. The van der Waals surface area contributed by atoms with E-state index in [4.69, 9.17) is 10.6 Å². The van der Waals surface area contributed by atoms with Gasteiger partial charge in [0.05, 0.1) is 0 Å². The number of rotatable bonds is 6. The Morgan fingerprint density at radius 1 is 1.09 bits per heavy atom. The molecule has 0 radical (unpaired) electrons. The van der Waals surface area contributed by atoms with Crippen molar-refractivity contribution in [1.29, 1.82) is 0 Å². The number of Topliss-reactive ketones (excluding diaryl/α,β-unsaturated/α-hetero) is 1. The molecule has 22 heavy (non-hydrogen) atoms. The van der Waals surface area contributed by atoms with Crippen LogP contribution in [0.25, 0.3) is 0 Å². The summed E-state index contributed by atoms with van der Waals surface area (Å²) in [6.07, 6.45) is 0.00168. The van der Waals surface area contributed by atoms with Crippen LogP contribution in [0, 0.1) is 5.92 Å². The van der Waals surface area contributed by atoms with Crippen molar-refractivity contribution in [2.24, 2.45) is 11.8 Å². The number of hydrogen-bond acceptors (Lipinski definition) is 6. The predicted octanol–water partition coefficient (Wildman–Crippen LogP) is 2.02. The Balaban J connectivity index is 2.72. The molecule has 1 unspecified atom stereocenters. The van der Waals surface area contributed by atoms with Crippen LogP contribution in [-0.4, -0.2) is 23.3 Å². The zero-order valence-corrected chi connectivity index (χ0v) is 13.0. The summed E-state index contributed by atoms with van der Waals surface area (Å²) >= 11 is 0. The van der Waals surface area contributed by atoms with Crippen LogP contribution < -0.4 is 5.90 Å². The summed E-state index contributed by atoms with van der Waals surface area (Å²) < 4.78 is 5.15. The molecule has 0 saturated carbocycles. The normalized spacial score (nSPS) is 12.4. The molecule has 0 saturated heterocycles. The maximum absolute atomic E-state index is 12.0. The second kappa shape index (κ2) is 7.70. The first-order valence-corrected chi connectivity index (χ1v) is 6.96. The minimum atomic E-state index is -1.21. The molecule has 6 nitrogen and oxygen atoms in total. The highest BCUT2D eigenvalue weighted by atomic mass is 16.7. The van der Waals surface area contributed by atoms with E-state index in [-0.39, 0.29) is 18.6 Å². The first kappa shape index (κ1) is 17.8. The maximum atomic E-state index is 12.0. The van der Waals surface area contributed by atoms with Gasteiger partial charge in [-0.05, 0) is 27.2 Å². The minimum Gasteiger partial charge on any atom is -0.459 e. The fraction of sp³-hybridized carbons (Fsp3) is 0.438. The lowest BCUT2D eigenvalue weighted by molar-refractivity contribution is -0.169. The van der Waals surface area contributed by atoms with Crippen LogP contribution in [0.3, 0.4) is 0 Å². The molecular formula is C16H21NO5. The Kier molecular flexibility index (Phi) is 6.24. The topological polar surface area (TPSA) is 95.7 Å². The van der Waals surface area contributed by atoms with E-state index in [1.807, 2.05) is 0 Å². The van der Waals surface area contributed by atoms with Gasteiger partial charge in [0.1, 0.15) is 5.60 Å². The lowest BCUT2D eigenvalue weighted by Crippen LogP contribution is -2.35. The van der Waals surface area contributed by atoms with Gasteiger partial charge in [-0.1, -0.05) is 30.3 Å². The van der Waals surface area contributed by atoms with Crippen molar-refractivity contribution >= 4 is 17.7 Å². The summed E-state index contributed by atoms with van der Waals surface area (Å²) in [5.41, 5.74) is -0.222. The van der Waals surface area contributed by atoms with Gasteiger partial charge >= 0.3 is 11.9 Å². The van der Waals surface area contributed by atoms with Crippen LogP contribution in [0.1, 0.15) is 44.0 Å². The first-order chi connectivity index (χ1) is 10.2. The number of ketones is 1. The highest BCUT2D eigenvalue weighted by Crippen LogP contribution is 2.18. The molecule has 0 heterocycles. The van der Waals surface area contributed by atoms with E-state index >= 15 is 0 Å². The van der Waals surface area contributed by atoms with Gasteiger partial charge in [0, 0.05) is 12.0 Å². The fourth-order valence-corrected chi connectivity index (χ4v) is 1.83. The molecule has 1 aromatic carbocycles. The molecule has 0 spiro atoms. The molecule has 0 aliphatic rings. The lowest BCUT2D eigenvalue weighted by Gasteiger charge is -2.22. The average Bonchev–Trinajstić information content (AvgIpc) is 2.46. The largest absolute Gasteiger partial charge is 0.459 e. The summed E-state index contributed by atoms with van der Waals surface area (Å²) in [6, 6.07) is 8.63. The first-order valence-electron chi connectivity index (χ1n) is 6.96. The van der Waals surface area contributed by atoms with Crippen molar-refractivity contribution in [3.05, 3.63) is 35.9 Å². The Labute approximate surface area is 129 Å². The highest BCUT2D eigenvalue weighted by Gasteiger charge is 2.32. The van der Waals surface area contributed by atoms with Gasteiger partial charge in [-0.2, -0.15) is 5.90 Å². The molecule has 0 bridgehead atoms. The number of hydrogen-bond donors (Lipinski definition) is 1. The second-order valence-corrected chi connectivity index (χ2v) is 5.85. The van der Waals surface area contributed by atoms with Crippen molar-refractivity contribution < 1.29 is 24.0 Å². The molecule has 6 heteroatoms. The van der Waals surface area contributed by atoms with E-state index in [1.54, 1.807) is 51.1 Å². The third-order valence-corrected chi connectivity index (χ3v) is 2.85. The van der Waals surface area contributed by atoms with Gasteiger partial charge in [-0.3, -0.25) is 9.59 Å². The molecule has 0 amide bonds. The standard InChI is InChI=1S/C16H21NO5/c1-16(2,3)21-14(19)12(15(20)22-17)9-10-13(18)11-7-5-4-6-8-11/h4-8,12H,9-10,17H2,1-3H3. The number of carbonyl (C=O) groups is 3. The molecule has 0 aromatic heterocycles. The SMILES string of the molecule is CC(C)(C)OC(=O)C(CCC(=O)c1ccccc1)C(=O)ON. The minimum absolute atomic E-state index is 0.0152. The Morgan fingerprint density at radius 3 is 2.18 bits per heavy atom. The Morgan fingerprint density at radius 2 is 1.68 bits per heavy atom.